The van der Waals surface area contributed by atoms with Crippen LogP contribution in [0.15, 0.2) is 42.7 Å². The fraction of sp³-hybridized carbons (Fsp3) is 0.412. The molecule has 0 radical (unpaired) electrons. The molecule has 2 heterocycles. The quantitative estimate of drug-likeness (QED) is 0.625. The summed E-state index contributed by atoms with van der Waals surface area (Å²) in [6.07, 6.45) is -7.77. The van der Waals surface area contributed by atoms with Crippen LogP contribution in [0.3, 0.4) is 0 Å². The predicted octanol–water partition coefficient (Wildman–Crippen LogP) is 1.13. The van der Waals surface area contributed by atoms with Gasteiger partial charge >= 0.3 is 6.18 Å². The Balaban J connectivity index is 1.92. The monoisotopic (exact) mass is 385 g/mol. The number of hydrogen-bond acceptors (Lipinski definition) is 7. The molecule has 5 atom stereocenters. The summed E-state index contributed by atoms with van der Waals surface area (Å²) in [6.45, 7) is -0.530. The molecule has 0 amide bonds. The normalized spacial score (nSPS) is 28.7. The van der Waals surface area contributed by atoms with E-state index in [0.29, 0.717) is 11.8 Å². The fourth-order valence-corrected chi connectivity index (χ4v) is 2.95. The van der Waals surface area contributed by atoms with Crippen molar-refractivity contribution in [2.45, 2.75) is 36.6 Å². The number of halogens is 3. The van der Waals surface area contributed by atoms with Gasteiger partial charge < -0.3 is 25.4 Å². The molecule has 0 spiro atoms. The Morgan fingerprint density at radius 1 is 1.07 bits per heavy atom. The van der Waals surface area contributed by atoms with Gasteiger partial charge in [-0.15, -0.1) is 0 Å². The van der Waals surface area contributed by atoms with Gasteiger partial charge in [0, 0.05) is 0 Å². The van der Waals surface area contributed by atoms with Crippen molar-refractivity contribution in [3.8, 4) is 0 Å². The molecule has 1 fully saturated rings. The third-order valence-corrected chi connectivity index (χ3v) is 4.29. The van der Waals surface area contributed by atoms with Crippen molar-refractivity contribution < 1.29 is 33.2 Å². The number of ether oxygens (including phenoxy) is 1. The Morgan fingerprint density at radius 2 is 1.78 bits per heavy atom. The van der Waals surface area contributed by atoms with Crippen LogP contribution in [0.5, 0.6) is 0 Å². The van der Waals surface area contributed by atoms with E-state index < -0.39 is 48.9 Å². The molecule has 0 saturated carbocycles. The minimum atomic E-state index is -4.67. The van der Waals surface area contributed by atoms with Crippen molar-refractivity contribution in [2.75, 3.05) is 11.9 Å². The molecule has 0 aliphatic carbocycles. The van der Waals surface area contributed by atoms with Crippen molar-refractivity contribution in [1.82, 2.24) is 9.97 Å². The van der Waals surface area contributed by atoms with E-state index in [2.05, 4.69) is 15.3 Å². The van der Waals surface area contributed by atoms with Crippen LogP contribution in [0.4, 0.5) is 19.0 Å². The molecular weight excluding hydrogens is 367 g/mol. The Morgan fingerprint density at radius 3 is 2.41 bits per heavy atom. The number of nitrogens with one attached hydrogen (secondary N) is 1. The largest absolute Gasteiger partial charge is 0.434 e. The second-order valence-corrected chi connectivity index (χ2v) is 6.13. The molecule has 1 aliphatic rings. The van der Waals surface area contributed by atoms with Gasteiger partial charge in [-0.2, -0.15) is 13.2 Å². The number of hydrogen-bond donors (Lipinski definition) is 4. The molecule has 1 aliphatic heterocycles. The zero-order chi connectivity index (χ0) is 19.6. The molecule has 4 N–H and O–H groups in total. The first kappa shape index (κ1) is 19.5. The molecule has 1 aromatic heterocycles. The Hall–Kier alpha value is -2.27. The first-order valence-electron chi connectivity index (χ1n) is 8.14. The maximum absolute atomic E-state index is 12.9. The van der Waals surface area contributed by atoms with E-state index in [-0.39, 0.29) is 5.82 Å². The van der Waals surface area contributed by atoms with E-state index >= 15 is 0 Å². The highest BCUT2D eigenvalue weighted by Crippen LogP contribution is 2.34. The number of alkyl halides is 3. The van der Waals surface area contributed by atoms with Gasteiger partial charge in [0.2, 0.25) is 0 Å². The molecule has 1 aromatic carbocycles. The standard InChI is InChI=1S/C17H18F3N3O4/c18-17(19,20)11-6-21-7-12(22-11)23-13-15(26)14(25)10(8-24)27-16(13)9-4-2-1-3-5-9/h1-7,10,13-16,24-26H,8H2,(H,22,23)/t10-,13-,14+,15-,16+/m1/s1. The zero-order valence-corrected chi connectivity index (χ0v) is 13.9. The Bertz CT molecular complexity index is 763. The van der Waals surface area contributed by atoms with Crippen LogP contribution in [-0.4, -0.2) is 56.2 Å². The van der Waals surface area contributed by atoms with Crippen molar-refractivity contribution in [2.24, 2.45) is 0 Å². The molecule has 0 unspecified atom stereocenters. The molecule has 2 aromatic rings. The van der Waals surface area contributed by atoms with Gasteiger partial charge in [0.05, 0.1) is 25.0 Å². The van der Waals surface area contributed by atoms with Gasteiger partial charge in [-0.3, -0.25) is 4.98 Å². The van der Waals surface area contributed by atoms with Gasteiger partial charge in [0.15, 0.2) is 5.69 Å². The molecule has 146 valence electrons. The molecule has 27 heavy (non-hydrogen) atoms. The summed E-state index contributed by atoms with van der Waals surface area (Å²) >= 11 is 0. The van der Waals surface area contributed by atoms with E-state index in [0.717, 1.165) is 6.20 Å². The van der Waals surface area contributed by atoms with Crippen molar-refractivity contribution in [3.05, 3.63) is 54.0 Å². The second kappa shape index (κ2) is 7.77. The van der Waals surface area contributed by atoms with Crippen molar-refractivity contribution in [3.63, 3.8) is 0 Å². The molecule has 3 rings (SSSR count). The maximum Gasteiger partial charge on any atom is 0.434 e. The third-order valence-electron chi connectivity index (χ3n) is 4.29. The lowest BCUT2D eigenvalue weighted by atomic mass is 9.89. The average molecular weight is 385 g/mol. The zero-order valence-electron chi connectivity index (χ0n) is 13.9. The average Bonchev–Trinajstić information content (AvgIpc) is 2.66. The molecule has 0 bridgehead atoms. The van der Waals surface area contributed by atoms with Crippen LogP contribution < -0.4 is 5.32 Å². The number of anilines is 1. The van der Waals surface area contributed by atoms with Gasteiger partial charge in [0.1, 0.15) is 30.2 Å². The smallest absolute Gasteiger partial charge is 0.394 e. The first-order chi connectivity index (χ1) is 12.8. The Labute approximate surface area is 152 Å². The van der Waals surface area contributed by atoms with Crippen LogP contribution in [-0.2, 0) is 10.9 Å². The van der Waals surface area contributed by atoms with Crippen molar-refractivity contribution >= 4 is 5.82 Å². The summed E-state index contributed by atoms with van der Waals surface area (Å²) in [6, 6.07) is 7.60. The molecule has 7 nitrogen and oxygen atoms in total. The summed E-state index contributed by atoms with van der Waals surface area (Å²) < 4.78 is 44.2. The molecular formula is C17H18F3N3O4. The summed E-state index contributed by atoms with van der Waals surface area (Å²) in [7, 11) is 0. The molecule has 10 heteroatoms. The number of aromatic nitrogens is 2. The van der Waals surface area contributed by atoms with Crippen molar-refractivity contribution in [1.29, 1.82) is 0 Å². The number of aliphatic hydroxyl groups excluding tert-OH is 3. The summed E-state index contributed by atoms with van der Waals surface area (Å²) in [5.41, 5.74) is -0.580. The lowest BCUT2D eigenvalue weighted by Gasteiger charge is -2.43. The highest BCUT2D eigenvalue weighted by molar-refractivity contribution is 5.37. The summed E-state index contributed by atoms with van der Waals surface area (Å²) in [4.78, 5) is 6.99. The topological polar surface area (TPSA) is 108 Å². The highest BCUT2D eigenvalue weighted by atomic mass is 19.4. The summed E-state index contributed by atoms with van der Waals surface area (Å²) in [5, 5.41) is 32.7. The van der Waals surface area contributed by atoms with E-state index in [4.69, 9.17) is 4.74 Å². The predicted molar refractivity (Wildman–Crippen MR) is 87.6 cm³/mol. The number of benzene rings is 1. The second-order valence-electron chi connectivity index (χ2n) is 6.13. The van der Waals surface area contributed by atoms with Crippen LogP contribution in [0, 0.1) is 0 Å². The highest BCUT2D eigenvalue weighted by Gasteiger charge is 2.45. The van der Waals surface area contributed by atoms with E-state index in [9.17, 15) is 28.5 Å². The van der Waals surface area contributed by atoms with Crippen LogP contribution >= 0.6 is 0 Å². The number of nitrogens with zero attached hydrogens (tertiary/aromatic N) is 2. The molecule has 1 saturated heterocycles. The van der Waals surface area contributed by atoms with Gasteiger partial charge in [-0.05, 0) is 5.56 Å². The van der Waals surface area contributed by atoms with Gasteiger partial charge in [-0.1, -0.05) is 30.3 Å². The van der Waals surface area contributed by atoms with Crippen LogP contribution in [0.1, 0.15) is 17.4 Å². The Kier molecular flexibility index (Phi) is 5.61. The van der Waals surface area contributed by atoms with Gasteiger partial charge in [0.25, 0.3) is 0 Å². The lowest BCUT2D eigenvalue weighted by Crippen LogP contribution is -2.57. The maximum atomic E-state index is 12.9. The summed E-state index contributed by atoms with van der Waals surface area (Å²) in [5.74, 6) is -0.229. The van der Waals surface area contributed by atoms with E-state index in [1.807, 2.05) is 0 Å². The van der Waals surface area contributed by atoms with Crippen LogP contribution in [0.25, 0.3) is 0 Å². The van der Waals surface area contributed by atoms with Crippen LogP contribution in [0.2, 0.25) is 0 Å². The fourth-order valence-electron chi connectivity index (χ4n) is 2.95. The number of aliphatic hydroxyl groups is 3. The number of rotatable bonds is 4. The van der Waals surface area contributed by atoms with Gasteiger partial charge in [-0.25, -0.2) is 4.98 Å². The SMILES string of the molecule is OC[C@H]1O[C@@H](c2ccccc2)[C@H](Nc2cncc(C(F)(F)F)n2)[C@@H](O)[C@H]1O. The van der Waals surface area contributed by atoms with E-state index in [1.165, 1.54) is 0 Å². The minimum Gasteiger partial charge on any atom is -0.394 e. The van der Waals surface area contributed by atoms with E-state index in [1.54, 1.807) is 30.3 Å². The third kappa shape index (κ3) is 4.19. The first-order valence-corrected chi connectivity index (χ1v) is 8.14. The minimum absolute atomic E-state index is 0.229. The lowest BCUT2D eigenvalue weighted by molar-refractivity contribution is -0.187.